The maximum absolute atomic E-state index is 12.3. The molecule has 0 saturated carbocycles. The Morgan fingerprint density at radius 1 is 1.32 bits per heavy atom. The number of halogens is 3. The number of oxime groups is 1. The van der Waals surface area contributed by atoms with Gasteiger partial charge in [-0.05, 0) is 36.8 Å². The van der Waals surface area contributed by atoms with E-state index in [1.807, 2.05) is 6.92 Å². The number of hydrogen-bond donors (Lipinski definition) is 1. The molecule has 0 unspecified atom stereocenters. The molecule has 1 amide bonds. The molecule has 0 fully saturated rings. The Labute approximate surface area is 148 Å². The Morgan fingerprint density at radius 3 is 2.80 bits per heavy atom. The number of ether oxygens (including phenoxy) is 1. The monoisotopic (exact) mass is 368 g/mol. The summed E-state index contributed by atoms with van der Waals surface area (Å²) in [5.41, 5.74) is 1.72. The van der Waals surface area contributed by atoms with Crippen LogP contribution in [-0.2, 0) is 9.63 Å². The molecule has 0 spiro atoms. The molecule has 0 radical (unpaired) electrons. The number of para-hydroxylation sites is 1. The van der Waals surface area contributed by atoms with Gasteiger partial charge in [0.05, 0.1) is 6.21 Å². The van der Waals surface area contributed by atoms with Crippen LogP contribution in [0.5, 0.6) is 5.75 Å². The van der Waals surface area contributed by atoms with Crippen LogP contribution in [-0.4, -0.2) is 25.3 Å². The molecule has 0 heterocycles. The van der Waals surface area contributed by atoms with Gasteiger partial charge in [0.15, 0.2) is 6.61 Å². The van der Waals surface area contributed by atoms with E-state index in [1.54, 1.807) is 30.3 Å². The molecule has 0 bridgehead atoms. The standard InChI is InChI=1S/C17H15ClF2N2O3/c1-11-6-7-13(8-14(11)18)22-16(23)10-24-21-9-12-4-2-3-5-15(12)25-17(19)20/h2-9,17H,10H2,1H3,(H,22,23)/b21-9+. The highest BCUT2D eigenvalue weighted by molar-refractivity contribution is 6.31. The van der Waals surface area contributed by atoms with E-state index in [1.165, 1.54) is 18.3 Å². The average Bonchev–Trinajstić information content (AvgIpc) is 2.56. The van der Waals surface area contributed by atoms with Crippen LogP contribution in [0.25, 0.3) is 0 Å². The van der Waals surface area contributed by atoms with Crippen LogP contribution in [0.3, 0.4) is 0 Å². The summed E-state index contributed by atoms with van der Waals surface area (Å²) in [5.74, 6) is -0.474. The Hall–Kier alpha value is -2.67. The van der Waals surface area contributed by atoms with Crippen LogP contribution >= 0.6 is 11.6 Å². The topological polar surface area (TPSA) is 59.9 Å². The van der Waals surface area contributed by atoms with Crippen molar-refractivity contribution in [3.8, 4) is 5.75 Å². The molecule has 0 aliphatic carbocycles. The molecule has 2 aromatic rings. The van der Waals surface area contributed by atoms with E-state index in [-0.39, 0.29) is 12.4 Å². The number of carbonyl (C=O) groups excluding carboxylic acids is 1. The van der Waals surface area contributed by atoms with Crippen molar-refractivity contribution in [1.29, 1.82) is 0 Å². The number of nitrogens with zero attached hydrogens (tertiary/aromatic N) is 1. The molecule has 132 valence electrons. The second kappa shape index (κ2) is 8.98. The first kappa shape index (κ1) is 18.7. The fraction of sp³-hybridized carbons (Fsp3) is 0.176. The van der Waals surface area contributed by atoms with Crippen LogP contribution in [0.1, 0.15) is 11.1 Å². The second-order valence-electron chi connectivity index (χ2n) is 4.94. The highest BCUT2D eigenvalue weighted by Gasteiger charge is 2.08. The van der Waals surface area contributed by atoms with E-state index in [2.05, 4.69) is 15.2 Å². The zero-order valence-corrected chi connectivity index (χ0v) is 14.0. The number of anilines is 1. The minimum Gasteiger partial charge on any atom is -0.434 e. The van der Waals surface area contributed by atoms with Crippen LogP contribution < -0.4 is 10.1 Å². The predicted octanol–water partition coefficient (Wildman–Crippen LogP) is 4.24. The van der Waals surface area contributed by atoms with Gasteiger partial charge in [0.1, 0.15) is 5.75 Å². The van der Waals surface area contributed by atoms with Crippen LogP contribution in [0.15, 0.2) is 47.6 Å². The molecule has 0 aliphatic rings. The molecule has 1 N–H and O–H groups in total. The smallest absolute Gasteiger partial charge is 0.387 e. The van der Waals surface area contributed by atoms with Crippen molar-refractivity contribution < 1.29 is 23.1 Å². The van der Waals surface area contributed by atoms with E-state index >= 15 is 0 Å². The lowest BCUT2D eigenvalue weighted by atomic mass is 10.2. The number of carbonyl (C=O) groups is 1. The van der Waals surface area contributed by atoms with E-state index in [0.29, 0.717) is 16.3 Å². The molecule has 0 aliphatic heterocycles. The average molecular weight is 369 g/mol. The summed E-state index contributed by atoms with van der Waals surface area (Å²) in [7, 11) is 0. The van der Waals surface area contributed by atoms with E-state index in [4.69, 9.17) is 16.4 Å². The van der Waals surface area contributed by atoms with Crippen LogP contribution in [0.4, 0.5) is 14.5 Å². The Morgan fingerprint density at radius 2 is 2.08 bits per heavy atom. The van der Waals surface area contributed by atoms with Gasteiger partial charge in [-0.2, -0.15) is 8.78 Å². The van der Waals surface area contributed by atoms with E-state index < -0.39 is 12.5 Å². The lowest BCUT2D eigenvalue weighted by molar-refractivity contribution is -0.120. The third kappa shape index (κ3) is 6.04. The third-order valence-electron chi connectivity index (χ3n) is 3.05. The minimum absolute atomic E-state index is 0.0383. The van der Waals surface area contributed by atoms with Gasteiger partial charge >= 0.3 is 6.61 Å². The number of alkyl halides is 2. The molecule has 2 rings (SSSR count). The maximum atomic E-state index is 12.3. The lowest BCUT2D eigenvalue weighted by Crippen LogP contribution is -2.17. The van der Waals surface area contributed by atoms with Crippen LogP contribution in [0, 0.1) is 6.92 Å². The molecule has 0 aromatic heterocycles. The molecular weight excluding hydrogens is 354 g/mol. The van der Waals surface area contributed by atoms with Gasteiger partial charge in [0.25, 0.3) is 5.91 Å². The predicted molar refractivity (Wildman–Crippen MR) is 91.4 cm³/mol. The number of rotatable bonds is 7. The Kier molecular flexibility index (Phi) is 6.71. The van der Waals surface area contributed by atoms with Gasteiger partial charge in [0.2, 0.25) is 0 Å². The molecule has 2 aromatic carbocycles. The summed E-state index contributed by atoms with van der Waals surface area (Å²) in [5, 5.41) is 6.72. The highest BCUT2D eigenvalue weighted by atomic mass is 35.5. The molecular formula is C17H15ClF2N2O3. The van der Waals surface area contributed by atoms with E-state index in [9.17, 15) is 13.6 Å². The molecule has 0 saturated heterocycles. The van der Waals surface area contributed by atoms with Crippen molar-refractivity contribution >= 4 is 29.4 Å². The zero-order valence-electron chi connectivity index (χ0n) is 13.2. The summed E-state index contributed by atoms with van der Waals surface area (Å²) in [4.78, 5) is 16.6. The summed E-state index contributed by atoms with van der Waals surface area (Å²) in [6.45, 7) is -1.44. The number of hydrogen-bond acceptors (Lipinski definition) is 4. The quantitative estimate of drug-likeness (QED) is 0.587. The number of amides is 1. The van der Waals surface area contributed by atoms with Crippen molar-refractivity contribution in [3.63, 3.8) is 0 Å². The summed E-state index contributed by atoms with van der Waals surface area (Å²) in [6.07, 6.45) is 1.19. The van der Waals surface area contributed by atoms with Gasteiger partial charge in [-0.25, -0.2) is 0 Å². The zero-order chi connectivity index (χ0) is 18.2. The summed E-state index contributed by atoms with van der Waals surface area (Å²) in [6, 6.07) is 11.2. The normalized spacial score (nSPS) is 10.9. The molecule has 25 heavy (non-hydrogen) atoms. The summed E-state index contributed by atoms with van der Waals surface area (Å²) >= 11 is 5.97. The van der Waals surface area contributed by atoms with Gasteiger partial charge in [-0.15, -0.1) is 0 Å². The van der Waals surface area contributed by atoms with Crippen molar-refractivity contribution in [3.05, 3.63) is 58.6 Å². The summed E-state index contributed by atoms with van der Waals surface area (Å²) < 4.78 is 28.9. The Bertz CT molecular complexity index is 769. The maximum Gasteiger partial charge on any atom is 0.387 e. The van der Waals surface area contributed by atoms with Crippen molar-refractivity contribution in [1.82, 2.24) is 0 Å². The minimum atomic E-state index is -2.94. The number of aryl methyl sites for hydroxylation is 1. The third-order valence-corrected chi connectivity index (χ3v) is 3.46. The van der Waals surface area contributed by atoms with Crippen LogP contribution in [0.2, 0.25) is 5.02 Å². The molecule has 8 heteroatoms. The van der Waals surface area contributed by atoms with Gasteiger partial charge < -0.3 is 14.9 Å². The first-order valence-corrected chi connectivity index (χ1v) is 7.58. The fourth-order valence-electron chi connectivity index (χ4n) is 1.85. The number of nitrogens with one attached hydrogen (secondary N) is 1. The van der Waals surface area contributed by atoms with Crippen molar-refractivity contribution in [2.24, 2.45) is 5.16 Å². The second-order valence-corrected chi connectivity index (χ2v) is 5.34. The Balaban J connectivity index is 1.86. The SMILES string of the molecule is Cc1ccc(NC(=O)CO/N=C/c2ccccc2OC(F)F)cc1Cl. The van der Waals surface area contributed by atoms with Gasteiger partial charge in [0, 0.05) is 16.3 Å². The van der Waals surface area contributed by atoms with Crippen molar-refractivity contribution in [2.75, 3.05) is 11.9 Å². The fourth-order valence-corrected chi connectivity index (χ4v) is 2.03. The highest BCUT2D eigenvalue weighted by Crippen LogP contribution is 2.20. The largest absolute Gasteiger partial charge is 0.434 e. The lowest BCUT2D eigenvalue weighted by Gasteiger charge is -2.07. The van der Waals surface area contributed by atoms with Gasteiger partial charge in [-0.3, -0.25) is 4.79 Å². The molecule has 5 nitrogen and oxygen atoms in total. The number of benzene rings is 2. The molecule has 0 atom stereocenters. The first-order valence-electron chi connectivity index (χ1n) is 7.21. The van der Waals surface area contributed by atoms with E-state index in [0.717, 1.165) is 5.56 Å². The van der Waals surface area contributed by atoms with Gasteiger partial charge in [-0.1, -0.05) is 35.0 Å². The first-order chi connectivity index (χ1) is 12.0. The van der Waals surface area contributed by atoms with Crippen molar-refractivity contribution in [2.45, 2.75) is 13.5 Å².